The summed E-state index contributed by atoms with van der Waals surface area (Å²) in [5, 5.41) is 0.994. The van der Waals surface area contributed by atoms with Crippen LogP contribution in [-0.4, -0.2) is 16.3 Å². The summed E-state index contributed by atoms with van der Waals surface area (Å²) < 4.78 is -0.941. The summed E-state index contributed by atoms with van der Waals surface area (Å²) in [7, 11) is 0. The smallest absolute Gasteiger partial charge is 0.147 e. The van der Waals surface area contributed by atoms with Crippen LogP contribution in [0, 0.1) is 6.92 Å². The van der Waals surface area contributed by atoms with E-state index in [1.165, 1.54) is 0 Å². The molecule has 1 unspecified atom stereocenters. The number of aromatic nitrogens is 2. The number of carbonyl (C=O) groups is 1. The molecule has 5 heteroatoms. The Morgan fingerprint density at radius 2 is 1.95 bits per heavy atom. The number of alkyl halides is 1. The SMILES string of the molecule is Br.Cc1cccc(C(Br)(C=O)c2ccc3ncccc3c2)n1. The van der Waals surface area contributed by atoms with Gasteiger partial charge in [0.05, 0.1) is 11.2 Å². The van der Waals surface area contributed by atoms with Crippen molar-refractivity contribution < 1.29 is 4.79 Å². The summed E-state index contributed by atoms with van der Waals surface area (Å²) >= 11 is 3.57. The van der Waals surface area contributed by atoms with E-state index in [4.69, 9.17) is 0 Å². The molecule has 0 spiro atoms. The number of nitrogens with zero attached hydrogens (tertiary/aromatic N) is 2. The van der Waals surface area contributed by atoms with Gasteiger partial charge >= 0.3 is 0 Å². The number of benzene rings is 1. The van der Waals surface area contributed by atoms with Crippen LogP contribution in [0.4, 0.5) is 0 Å². The first kappa shape index (κ1) is 16.8. The Balaban J connectivity index is 0.00000176. The molecular weight excluding hydrogens is 408 g/mol. The molecule has 22 heavy (non-hydrogen) atoms. The molecule has 3 nitrogen and oxygen atoms in total. The molecule has 2 aromatic heterocycles. The molecular formula is C17H14Br2N2O. The van der Waals surface area contributed by atoms with Gasteiger partial charge in [-0.3, -0.25) is 9.97 Å². The topological polar surface area (TPSA) is 42.9 Å². The Hall–Kier alpha value is -1.59. The average Bonchev–Trinajstić information content (AvgIpc) is 2.53. The molecule has 3 aromatic rings. The van der Waals surface area contributed by atoms with Crippen LogP contribution in [0.5, 0.6) is 0 Å². The lowest BCUT2D eigenvalue weighted by Crippen LogP contribution is -2.23. The molecule has 0 fully saturated rings. The van der Waals surface area contributed by atoms with Gasteiger partial charge < -0.3 is 4.79 Å². The number of halogens is 2. The van der Waals surface area contributed by atoms with E-state index >= 15 is 0 Å². The zero-order valence-corrected chi connectivity index (χ0v) is 15.2. The van der Waals surface area contributed by atoms with E-state index in [-0.39, 0.29) is 17.0 Å². The second-order valence-electron chi connectivity index (χ2n) is 4.90. The van der Waals surface area contributed by atoms with Crippen molar-refractivity contribution in [3.05, 3.63) is 71.7 Å². The second kappa shape index (κ2) is 6.67. The van der Waals surface area contributed by atoms with Gasteiger partial charge in [-0.25, -0.2) is 0 Å². The van der Waals surface area contributed by atoms with Crippen molar-refractivity contribution in [2.24, 2.45) is 0 Å². The Bertz CT molecular complexity index is 822. The van der Waals surface area contributed by atoms with Gasteiger partial charge in [-0.05, 0) is 42.8 Å². The highest BCUT2D eigenvalue weighted by atomic mass is 79.9. The fourth-order valence-corrected chi connectivity index (χ4v) is 2.79. The Labute approximate surface area is 147 Å². The van der Waals surface area contributed by atoms with Crippen molar-refractivity contribution in [2.75, 3.05) is 0 Å². The molecule has 112 valence electrons. The van der Waals surface area contributed by atoms with E-state index in [0.29, 0.717) is 5.69 Å². The van der Waals surface area contributed by atoms with Crippen LogP contribution < -0.4 is 0 Å². The standard InChI is InChI=1S/C17H13BrN2O.BrH/c1-12-4-2-6-16(20-12)17(18,11-21)14-7-8-15-13(10-14)5-3-9-19-15;/h2-11H,1H3;1H. The second-order valence-corrected chi connectivity index (χ2v) is 6.16. The number of carbonyl (C=O) groups excluding carboxylic acids is 1. The first-order chi connectivity index (χ1) is 10.1. The molecule has 0 aliphatic heterocycles. The van der Waals surface area contributed by atoms with Crippen LogP contribution in [0.2, 0.25) is 0 Å². The summed E-state index contributed by atoms with van der Waals surface area (Å²) in [6.07, 6.45) is 2.64. The van der Waals surface area contributed by atoms with Crippen LogP contribution in [0.3, 0.4) is 0 Å². The lowest BCUT2D eigenvalue weighted by molar-refractivity contribution is -0.109. The first-order valence-electron chi connectivity index (χ1n) is 6.58. The van der Waals surface area contributed by atoms with Crippen molar-refractivity contribution in [1.29, 1.82) is 0 Å². The van der Waals surface area contributed by atoms with Gasteiger partial charge in [-0.2, -0.15) is 0 Å². The minimum atomic E-state index is -0.941. The zero-order chi connectivity index (χ0) is 14.9. The first-order valence-corrected chi connectivity index (χ1v) is 7.37. The quantitative estimate of drug-likeness (QED) is 0.466. The van der Waals surface area contributed by atoms with Gasteiger partial charge in [-0.15, -0.1) is 17.0 Å². The molecule has 3 rings (SSSR count). The highest BCUT2D eigenvalue weighted by molar-refractivity contribution is 9.10. The lowest BCUT2D eigenvalue weighted by Gasteiger charge is -2.21. The normalized spacial score (nSPS) is 13.2. The van der Waals surface area contributed by atoms with Crippen LogP contribution in [0.25, 0.3) is 10.9 Å². The number of fused-ring (bicyclic) bond motifs is 1. The van der Waals surface area contributed by atoms with Gasteiger partial charge in [0.15, 0.2) is 0 Å². The van der Waals surface area contributed by atoms with Gasteiger partial charge in [0.2, 0.25) is 0 Å². The molecule has 0 saturated carbocycles. The molecule has 1 atom stereocenters. The van der Waals surface area contributed by atoms with Gasteiger partial charge in [0.1, 0.15) is 10.6 Å². The van der Waals surface area contributed by atoms with E-state index in [2.05, 4.69) is 25.9 Å². The number of aldehydes is 1. The van der Waals surface area contributed by atoms with Crippen molar-refractivity contribution in [2.45, 2.75) is 11.2 Å². The molecule has 0 saturated heterocycles. The van der Waals surface area contributed by atoms with Crippen LogP contribution >= 0.6 is 32.9 Å². The predicted octanol–water partition coefficient (Wildman–Crippen LogP) is 4.35. The number of hydrogen-bond donors (Lipinski definition) is 0. The third-order valence-electron chi connectivity index (χ3n) is 3.45. The largest absolute Gasteiger partial charge is 0.301 e. The Morgan fingerprint density at radius 1 is 1.14 bits per heavy atom. The fraction of sp³-hybridized carbons (Fsp3) is 0.118. The highest BCUT2D eigenvalue weighted by Crippen LogP contribution is 2.36. The Morgan fingerprint density at radius 3 is 2.68 bits per heavy atom. The van der Waals surface area contributed by atoms with E-state index in [0.717, 1.165) is 28.4 Å². The van der Waals surface area contributed by atoms with E-state index in [9.17, 15) is 4.79 Å². The van der Waals surface area contributed by atoms with E-state index < -0.39 is 4.32 Å². The molecule has 0 amide bonds. The number of aryl methyl sites for hydroxylation is 1. The van der Waals surface area contributed by atoms with Crippen LogP contribution in [0.15, 0.2) is 54.7 Å². The lowest BCUT2D eigenvalue weighted by atomic mass is 9.94. The number of hydrogen-bond acceptors (Lipinski definition) is 3. The minimum Gasteiger partial charge on any atom is -0.301 e. The zero-order valence-electron chi connectivity index (χ0n) is 11.9. The van der Waals surface area contributed by atoms with Gasteiger partial charge in [-0.1, -0.05) is 34.1 Å². The molecule has 1 aromatic carbocycles. The predicted molar refractivity (Wildman–Crippen MR) is 96.8 cm³/mol. The minimum absolute atomic E-state index is 0. The van der Waals surface area contributed by atoms with Crippen molar-refractivity contribution >= 4 is 50.1 Å². The number of pyridine rings is 2. The maximum Gasteiger partial charge on any atom is 0.147 e. The van der Waals surface area contributed by atoms with Crippen LogP contribution in [0.1, 0.15) is 17.0 Å². The highest BCUT2D eigenvalue weighted by Gasteiger charge is 2.32. The molecule has 0 radical (unpaired) electrons. The summed E-state index contributed by atoms with van der Waals surface area (Å²) in [4.78, 5) is 20.5. The van der Waals surface area contributed by atoms with Crippen molar-refractivity contribution in [3.63, 3.8) is 0 Å². The van der Waals surface area contributed by atoms with Gasteiger partial charge in [0.25, 0.3) is 0 Å². The van der Waals surface area contributed by atoms with E-state index in [1.54, 1.807) is 6.20 Å². The molecule has 0 bridgehead atoms. The van der Waals surface area contributed by atoms with Crippen molar-refractivity contribution in [3.8, 4) is 0 Å². The summed E-state index contributed by atoms with van der Waals surface area (Å²) in [5.74, 6) is 0. The third kappa shape index (κ3) is 2.96. The maximum atomic E-state index is 11.8. The third-order valence-corrected chi connectivity index (χ3v) is 4.50. The number of rotatable bonds is 3. The maximum absolute atomic E-state index is 11.8. The van der Waals surface area contributed by atoms with E-state index in [1.807, 2.05) is 55.5 Å². The summed E-state index contributed by atoms with van der Waals surface area (Å²) in [6, 6.07) is 15.3. The van der Waals surface area contributed by atoms with Crippen molar-refractivity contribution in [1.82, 2.24) is 9.97 Å². The fourth-order valence-electron chi connectivity index (χ4n) is 2.32. The van der Waals surface area contributed by atoms with Crippen LogP contribution in [-0.2, 0) is 9.12 Å². The van der Waals surface area contributed by atoms with Gasteiger partial charge in [0, 0.05) is 17.3 Å². The monoisotopic (exact) mass is 420 g/mol. The molecule has 0 aliphatic carbocycles. The summed E-state index contributed by atoms with van der Waals surface area (Å²) in [6.45, 7) is 1.91. The molecule has 0 aliphatic rings. The summed E-state index contributed by atoms with van der Waals surface area (Å²) in [5.41, 5.74) is 3.30. The molecule has 0 N–H and O–H groups in total. The molecule has 2 heterocycles. The Kier molecular flexibility index (Phi) is 5.08. The average molecular weight is 422 g/mol.